The van der Waals surface area contributed by atoms with Gasteiger partial charge >= 0.3 is 0 Å². The van der Waals surface area contributed by atoms with Crippen molar-refractivity contribution in [2.75, 3.05) is 33.4 Å². The monoisotopic (exact) mass is 477 g/mol. The van der Waals surface area contributed by atoms with Gasteiger partial charge < -0.3 is 19.1 Å². The highest BCUT2D eigenvalue weighted by molar-refractivity contribution is 9.10. The Hall–Kier alpha value is -2.12. The maximum absolute atomic E-state index is 13.2. The minimum atomic E-state index is -0.152. The molecule has 0 spiro atoms. The molecule has 0 aliphatic carbocycles. The fraction of sp³-hybridized carbons (Fsp3) is 0.478. The molecule has 6 nitrogen and oxygen atoms in total. The van der Waals surface area contributed by atoms with Crippen molar-refractivity contribution < 1.29 is 14.3 Å². The van der Waals surface area contributed by atoms with Crippen LogP contribution in [0.3, 0.4) is 0 Å². The number of halogens is 1. The lowest BCUT2D eigenvalue weighted by Crippen LogP contribution is -2.44. The zero-order valence-corrected chi connectivity index (χ0v) is 19.7. The van der Waals surface area contributed by atoms with E-state index in [-0.39, 0.29) is 18.4 Å². The molecule has 0 atom stereocenters. The van der Waals surface area contributed by atoms with Crippen LogP contribution in [0.25, 0.3) is 0 Å². The first-order chi connectivity index (χ1) is 14.5. The standard InChI is InChI=1S/C23H32BrN3O3/c1-4-5-14-26(17-19-10-8-13-25(19)2)22(28)18-27(15-9-16-30-3)23(29)20-11-6-7-12-21(20)24/h6-8,10-13H,4-5,9,14-18H2,1-3H3. The summed E-state index contributed by atoms with van der Waals surface area (Å²) in [6, 6.07) is 11.3. The number of aryl methyl sites for hydroxylation is 1. The van der Waals surface area contributed by atoms with E-state index in [2.05, 4.69) is 22.9 Å². The molecule has 1 heterocycles. The molecule has 0 unspecified atom stereocenters. The maximum Gasteiger partial charge on any atom is 0.255 e. The molecule has 1 aromatic carbocycles. The lowest BCUT2D eigenvalue weighted by molar-refractivity contribution is -0.132. The van der Waals surface area contributed by atoms with Gasteiger partial charge in [-0.1, -0.05) is 25.5 Å². The molecule has 0 saturated heterocycles. The van der Waals surface area contributed by atoms with Gasteiger partial charge in [-0.25, -0.2) is 0 Å². The van der Waals surface area contributed by atoms with E-state index in [1.807, 2.05) is 53.0 Å². The quantitative estimate of drug-likeness (QED) is 0.432. The number of methoxy groups -OCH3 is 1. The van der Waals surface area contributed by atoms with E-state index >= 15 is 0 Å². The predicted octanol–water partition coefficient (Wildman–Crippen LogP) is 4.10. The van der Waals surface area contributed by atoms with Gasteiger partial charge in [0, 0.05) is 50.2 Å². The van der Waals surface area contributed by atoms with Crippen LogP contribution >= 0.6 is 15.9 Å². The van der Waals surface area contributed by atoms with Gasteiger partial charge in [-0.15, -0.1) is 0 Å². The molecule has 0 aliphatic heterocycles. The number of nitrogens with zero attached hydrogens (tertiary/aromatic N) is 3. The fourth-order valence-corrected chi connectivity index (χ4v) is 3.67. The lowest BCUT2D eigenvalue weighted by atomic mass is 10.2. The van der Waals surface area contributed by atoms with Crippen molar-refractivity contribution in [1.29, 1.82) is 0 Å². The summed E-state index contributed by atoms with van der Waals surface area (Å²) in [4.78, 5) is 29.9. The summed E-state index contributed by atoms with van der Waals surface area (Å²) in [5, 5.41) is 0. The van der Waals surface area contributed by atoms with Gasteiger partial charge in [0.2, 0.25) is 5.91 Å². The van der Waals surface area contributed by atoms with Crippen LogP contribution in [0.2, 0.25) is 0 Å². The molecule has 0 saturated carbocycles. The van der Waals surface area contributed by atoms with Crippen LogP contribution in [0.15, 0.2) is 47.1 Å². The Morgan fingerprint density at radius 3 is 2.43 bits per heavy atom. The first-order valence-corrected chi connectivity index (χ1v) is 11.2. The first-order valence-electron chi connectivity index (χ1n) is 10.4. The SMILES string of the molecule is CCCCN(Cc1cccn1C)C(=O)CN(CCCOC)C(=O)c1ccccc1Br. The highest BCUT2D eigenvalue weighted by Crippen LogP contribution is 2.18. The number of hydrogen-bond acceptors (Lipinski definition) is 3. The third kappa shape index (κ3) is 6.99. The zero-order chi connectivity index (χ0) is 21.9. The normalized spacial score (nSPS) is 10.8. The number of amides is 2. The molecule has 1 aromatic heterocycles. The van der Waals surface area contributed by atoms with Crippen molar-refractivity contribution in [3.63, 3.8) is 0 Å². The first kappa shape index (κ1) is 24.2. The number of hydrogen-bond donors (Lipinski definition) is 0. The van der Waals surface area contributed by atoms with Crippen molar-refractivity contribution in [2.24, 2.45) is 7.05 Å². The highest BCUT2D eigenvalue weighted by Gasteiger charge is 2.23. The zero-order valence-electron chi connectivity index (χ0n) is 18.1. The Kier molecular flexibility index (Phi) is 10.1. The maximum atomic E-state index is 13.2. The second-order valence-corrected chi connectivity index (χ2v) is 8.19. The predicted molar refractivity (Wildman–Crippen MR) is 122 cm³/mol. The van der Waals surface area contributed by atoms with Gasteiger partial charge in [-0.2, -0.15) is 0 Å². The van der Waals surface area contributed by atoms with Crippen LogP contribution in [0, 0.1) is 0 Å². The lowest BCUT2D eigenvalue weighted by Gasteiger charge is -2.28. The summed E-state index contributed by atoms with van der Waals surface area (Å²) >= 11 is 3.45. The van der Waals surface area contributed by atoms with Crippen LogP contribution in [-0.2, 0) is 23.1 Å². The van der Waals surface area contributed by atoms with Crippen molar-refractivity contribution in [1.82, 2.24) is 14.4 Å². The summed E-state index contributed by atoms with van der Waals surface area (Å²) in [6.45, 7) is 4.38. The Labute approximate surface area is 187 Å². The van der Waals surface area contributed by atoms with E-state index in [0.717, 1.165) is 23.0 Å². The third-order valence-corrected chi connectivity index (χ3v) is 5.72. The number of ether oxygens (including phenoxy) is 1. The number of unbranched alkanes of at least 4 members (excludes halogenated alkanes) is 1. The van der Waals surface area contributed by atoms with E-state index in [9.17, 15) is 9.59 Å². The molecule has 0 bridgehead atoms. The van der Waals surface area contributed by atoms with Crippen LogP contribution in [0.4, 0.5) is 0 Å². The Morgan fingerprint density at radius 2 is 1.80 bits per heavy atom. The molecule has 30 heavy (non-hydrogen) atoms. The number of benzene rings is 1. The highest BCUT2D eigenvalue weighted by atomic mass is 79.9. The summed E-state index contributed by atoms with van der Waals surface area (Å²) in [6.07, 6.45) is 4.58. The summed E-state index contributed by atoms with van der Waals surface area (Å²) in [5.41, 5.74) is 1.63. The van der Waals surface area contributed by atoms with E-state index in [4.69, 9.17) is 4.74 Å². The Bertz CT molecular complexity index is 822. The number of rotatable bonds is 12. The molecule has 2 rings (SSSR count). The number of aromatic nitrogens is 1. The van der Waals surface area contributed by atoms with Gasteiger partial charge in [0.1, 0.15) is 6.54 Å². The molecule has 7 heteroatoms. The Balaban J connectivity index is 2.17. The van der Waals surface area contributed by atoms with Crippen LogP contribution in [0.5, 0.6) is 0 Å². The summed E-state index contributed by atoms with van der Waals surface area (Å²) in [7, 11) is 3.61. The largest absolute Gasteiger partial charge is 0.385 e. The van der Waals surface area contributed by atoms with Gasteiger partial charge in [0.15, 0.2) is 0 Å². The van der Waals surface area contributed by atoms with E-state index < -0.39 is 0 Å². The average Bonchev–Trinajstić information content (AvgIpc) is 3.14. The molecular weight excluding hydrogens is 446 g/mol. The molecule has 0 radical (unpaired) electrons. The molecule has 0 aliphatic rings. The number of carbonyl (C=O) groups is 2. The minimum absolute atomic E-state index is 0.0394. The molecule has 2 amide bonds. The van der Waals surface area contributed by atoms with E-state index in [0.29, 0.717) is 38.2 Å². The van der Waals surface area contributed by atoms with Crippen LogP contribution in [-0.4, -0.2) is 59.5 Å². The van der Waals surface area contributed by atoms with Crippen molar-refractivity contribution in [3.8, 4) is 0 Å². The minimum Gasteiger partial charge on any atom is -0.385 e. The van der Waals surface area contributed by atoms with E-state index in [1.165, 1.54) is 0 Å². The van der Waals surface area contributed by atoms with Crippen molar-refractivity contribution in [3.05, 3.63) is 58.3 Å². The van der Waals surface area contributed by atoms with Gasteiger partial charge in [0.25, 0.3) is 5.91 Å². The molecule has 0 N–H and O–H groups in total. The average molecular weight is 478 g/mol. The Morgan fingerprint density at radius 1 is 1.07 bits per heavy atom. The van der Waals surface area contributed by atoms with Crippen LogP contribution < -0.4 is 0 Å². The topological polar surface area (TPSA) is 54.8 Å². The van der Waals surface area contributed by atoms with Crippen molar-refractivity contribution in [2.45, 2.75) is 32.7 Å². The molecule has 0 fully saturated rings. The van der Waals surface area contributed by atoms with Gasteiger partial charge in [-0.05, 0) is 53.0 Å². The molecule has 2 aromatic rings. The second kappa shape index (κ2) is 12.5. The third-order valence-electron chi connectivity index (χ3n) is 5.03. The fourth-order valence-electron chi connectivity index (χ4n) is 3.22. The number of carbonyl (C=O) groups excluding carboxylic acids is 2. The summed E-state index contributed by atoms with van der Waals surface area (Å²) < 4.78 is 7.90. The van der Waals surface area contributed by atoms with Gasteiger partial charge in [-0.3, -0.25) is 9.59 Å². The smallest absolute Gasteiger partial charge is 0.255 e. The molecular formula is C23H32BrN3O3. The van der Waals surface area contributed by atoms with Crippen molar-refractivity contribution >= 4 is 27.7 Å². The second-order valence-electron chi connectivity index (χ2n) is 7.33. The summed E-state index contributed by atoms with van der Waals surface area (Å²) in [5.74, 6) is -0.191. The van der Waals surface area contributed by atoms with E-state index in [1.54, 1.807) is 18.1 Å². The molecule has 164 valence electrons. The van der Waals surface area contributed by atoms with Gasteiger partial charge in [0.05, 0.1) is 12.1 Å². The van der Waals surface area contributed by atoms with Crippen LogP contribution in [0.1, 0.15) is 42.2 Å².